The van der Waals surface area contributed by atoms with Crippen LogP contribution in [0.1, 0.15) is 16.9 Å². The molecule has 0 spiro atoms. The van der Waals surface area contributed by atoms with Gasteiger partial charge in [0.05, 0.1) is 24.1 Å². The largest absolute Gasteiger partial charge is 0.444 e. The van der Waals surface area contributed by atoms with Crippen molar-refractivity contribution < 1.29 is 27.0 Å². The smallest absolute Gasteiger partial charge is 0.417 e. The van der Waals surface area contributed by atoms with Gasteiger partial charge in [0, 0.05) is 30.6 Å². The van der Waals surface area contributed by atoms with Gasteiger partial charge in [-0.2, -0.15) is 13.2 Å². The Morgan fingerprint density at radius 3 is 2.57 bits per heavy atom. The van der Waals surface area contributed by atoms with Crippen LogP contribution in [0.4, 0.5) is 18.3 Å². The molecule has 0 aliphatic carbocycles. The molecule has 0 unspecified atom stereocenters. The van der Waals surface area contributed by atoms with Gasteiger partial charge in [-0.3, -0.25) is 13.9 Å². The summed E-state index contributed by atoms with van der Waals surface area (Å²) in [6.07, 6.45) is -4.82. The van der Waals surface area contributed by atoms with Crippen LogP contribution in [0.3, 0.4) is 0 Å². The first-order chi connectivity index (χ1) is 16.3. The average molecular weight is 528 g/mol. The van der Waals surface area contributed by atoms with Gasteiger partial charge < -0.3 is 4.42 Å². The Kier molecular flexibility index (Phi) is 6.14. The number of anilines is 1. The molecule has 0 bridgehead atoms. The minimum Gasteiger partial charge on any atom is -0.444 e. The van der Waals surface area contributed by atoms with E-state index < -0.39 is 33.9 Å². The first kappa shape index (κ1) is 24.7. The summed E-state index contributed by atoms with van der Waals surface area (Å²) in [6.45, 7) is 1.59. The molecule has 3 aromatic heterocycles. The van der Waals surface area contributed by atoms with Gasteiger partial charge in [0.25, 0.3) is 5.56 Å². The Bertz CT molecular complexity index is 1610. The Hall–Kier alpha value is -3.38. The van der Waals surface area contributed by atoms with E-state index in [-0.39, 0.29) is 23.1 Å². The van der Waals surface area contributed by atoms with E-state index >= 15 is 0 Å². The highest BCUT2D eigenvalue weighted by atomic mass is 35.5. The number of hydrogen-bond acceptors (Lipinski definition) is 5. The van der Waals surface area contributed by atoms with Crippen LogP contribution in [-0.2, 0) is 38.5 Å². The van der Waals surface area contributed by atoms with E-state index in [1.54, 1.807) is 23.9 Å². The molecule has 4 rings (SSSR count). The molecule has 0 saturated heterocycles. The first-order valence-corrected chi connectivity index (χ1v) is 11.4. The number of aryl methyl sites for hydroxylation is 2. The molecule has 0 aliphatic rings. The number of nitrogens with zero attached hydrogens (tertiary/aromatic N) is 3. The molecule has 3 heterocycles. The molecule has 0 fully saturated rings. The maximum Gasteiger partial charge on any atom is 0.417 e. The standard InChI is InChI=1S/C22H18ClF3N4O4S/c1-10-12(17-18(32)29(3)21(33)30(4)19(17)34-10)8-16(31)27-20-28(2)15(9-35-20)11-5-6-14(23)13(7-11)22(24,25)26/h5-7,9H,8H2,1-4H3/p+1. The molecule has 4 aromatic rings. The van der Waals surface area contributed by atoms with E-state index in [0.29, 0.717) is 22.1 Å². The second kappa shape index (κ2) is 8.68. The SMILES string of the molecule is Cc1oc2c(c1CC(=O)Nc1scc(-c3ccc(Cl)c(C(F)(F)F)c3)[n+]1C)c(=O)n(C)c(=O)n2C. The second-order valence-electron chi connectivity index (χ2n) is 7.93. The van der Waals surface area contributed by atoms with Crippen LogP contribution in [-0.4, -0.2) is 15.0 Å². The highest BCUT2D eigenvalue weighted by Crippen LogP contribution is 2.37. The van der Waals surface area contributed by atoms with Gasteiger partial charge in [-0.15, -0.1) is 0 Å². The molecule has 1 N–H and O–H groups in total. The number of halogens is 4. The lowest BCUT2D eigenvalue weighted by atomic mass is 10.1. The lowest BCUT2D eigenvalue weighted by Crippen LogP contribution is -2.37. The maximum absolute atomic E-state index is 13.3. The van der Waals surface area contributed by atoms with Crippen molar-refractivity contribution in [2.45, 2.75) is 19.5 Å². The number of furan rings is 1. The summed E-state index contributed by atoms with van der Waals surface area (Å²) < 4.78 is 49.0. The highest BCUT2D eigenvalue weighted by molar-refractivity contribution is 7.13. The molecule has 35 heavy (non-hydrogen) atoms. The number of carbonyl (C=O) groups is 1. The van der Waals surface area contributed by atoms with Crippen LogP contribution < -0.4 is 21.1 Å². The monoisotopic (exact) mass is 527 g/mol. The predicted octanol–water partition coefficient (Wildman–Crippen LogP) is 3.55. The van der Waals surface area contributed by atoms with Crippen molar-refractivity contribution in [1.82, 2.24) is 9.13 Å². The predicted molar refractivity (Wildman–Crippen MR) is 125 cm³/mol. The van der Waals surface area contributed by atoms with Gasteiger partial charge in [-0.25, -0.2) is 19.5 Å². The number of carbonyl (C=O) groups excluding carboxylic acids is 1. The average Bonchev–Trinajstić information content (AvgIpc) is 3.30. The molecule has 0 saturated carbocycles. The number of alkyl halides is 3. The van der Waals surface area contributed by atoms with Gasteiger partial charge in [0.15, 0.2) is 0 Å². The van der Waals surface area contributed by atoms with Gasteiger partial charge >= 0.3 is 22.9 Å². The molecule has 184 valence electrons. The summed E-state index contributed by atoms with van der Waals surface area (Å²) in [4.78, 5) is 37.7. The van der Waals surface area contributed by atoms with Crippen LogP contribution >= 0.6 is 22.9 Å². The lowest BCUT2D eigenvalue weighted by Gasteiger charge is -2.10. The summed E-state index contributed by atoms with van der Waals surface area (Å²) in [6, 6.07) is 3.60. The van der Waals surface area contributed by atoms with Crippen LogP contribution in [0.15, 0.2) is 37.6 Å². The fourth-order valence-corrected chi connectivity index (χ4v) is 4.95. The molecular weight excluding hydrogens is 509 g/mol. The fourth-order valence-electron chi connectivity index (χ4n) is 3.78. The van der Waals surface area contributed by atoms with E-state index in [9.17, 15) is 27.6 Å². The number of nitrogens with one attached hydrogen (secondary N) is 1. The molecule has 1 amide bonds. The zero-order valence-electron chi connectivity index (χ0n) is 18.9. The third-order valence-corrected chi connectivity index (χ3v) is 6.96. The number of fused-ring (bicyclic) bond motifs is 1. The third-order valence-electron chi connectivity index (χ3n) is 5.69. The van der Waals surface area contributed by atoms with Crippen molar-refractivity contribution in [2.75, 3.05) is 5.32 Å². The van der Waals surface area contributed by atoms with Crippen LogP contribution in [0, 0.1) is 6.92 Å². The molecular formula is C22H19ClF3N4O4S+. The van der Waals surface area contributed by atoms with Crippen molar-refractivity contribution in [1.29, 1.82) is 0 Å². The summed E-state index contributed by atoms with van der Waals surface area (Å²) in [7, 11) is 4.41. The topological polar surface area (TPSA) is 90.1 Å². The quantitative estimate of drug-likeness (QED) is 0.411. The summed E-state index contributed by atoms with van der Waals surface area (Å²) in [5, 5.41) is 4.45. The molecule has 0 atom stereocenters. The number of aromatic nitrogens is 3. The lowest BCUT2D eigenvalue weighted by molar-refractivity contribution is -0.641. The van der Waals surface area contributed by atoms with E-state index in [1.807, 2.05) is 0 Å². The zero-order valence-corrected chi connectivity index (χ0v) is 20.5. The van der Waals surface area contributed by atoms with E-state index in [2.05, 4.69) is 5.32 Å². The second-order valence-corrected chi connectivity index (χ2v) is 9.19. The van der Waals surface area contributed by atoms with E-state index in [4.69, 9.17) is 16.0 Å². The Morgan fingerprint density at radius 2 is 1.91 bits per heavy atom. The Labute approximate surface area is 204 Å². The first-order valence-electron chi connectivity index (χ1n) is 10.1. The molecule has 8 nitrogen and oxygen atoms in total. The molecule has 13 heteroatoms. The van der Waals surface area contributed by atoms with Gasteiger partial charge in [-0.05, 0) is 25.1 Å². The number of thiazole rings is 1. The van der Waals surface area contributed by atoms with Gasteiger partial charge in [0.1, 0.15) is 16.8 Å². The summed E-state index contributed by atoms with van der Waals surface area (Å²) >= 11 is 6.84. The van der Waals surface area contributed by atoms with Crippen molar-refractivity contribution in [2.24, 2.45) is 21.1 Å². The van der Waals surface area contributed by atoms with Crippen molar-refractivity contribution in [3.8, 4) is 11.3 Å². The molecule has 0 aliphatic heterocycles. The number of rotatable bonds is 4. The van der Waals surface area contributed by atoms with Crippen molar-refractivity contribution in [3.05, 3.63) is 66.3 Å². The minimum absolute atomic E-state index is 0.0746. The number of hydrogen-bond donors (Lipinski definition) is 1. The van der Waals surface area contributed by atoms with E-state index in [1.165, 1.54) is 30.8 Å². The summed E-state index contributed by atoms with van der Waals surface area (Å²) in [5.41, 5.74) is -0.933. The van der Waals surface area contributed by atoms with Crippen LogP contribution in [0.5, 0.6) is 0 Å². The molecule has 1 aromatic carbocycles. The minimum atomic E-state index is -4.61. The number of benzene rings is 1. The van der Waals surface area contributed by atoms with Gasteiger partial charge in [-0.1, -0.05) is 22.9 Å². The Balaban J connectivity index is 1.64. The molecule has 0 radical (unpaired) electrons. The Morgan fingerprint density at radius 1 is 1.23 bits per heavy atom. The maximum atomic E-state index is 13.3. The van der Waals surface area contributed by atoms with Crippen LogP contribution in [0.25, 0.3) is 22.4 Å². The van der Waals surface area contributed by atoms with E-state index in [0.717, 1.165) is 22.0 Å². The number of amides is 1. The fraction of sp³-hybridized carbons (Fsp3) is 0.273. The van der Waals surface area contributed by atoms with Crippen LogP contribution in [0.2, 0.25) is 5.02 Å². The van der Waals surface area contributed by atoms with Gasteiger partial charge in [0.2, 0.25) is 5.71 Å². The van der Waals surface area contributed by atoms with Crippen molar-refractivity contribution in [3.63, 3.8) is 0 Å². The highest BCUT2D eigenvalue weighted by Gasteiger charge is 2.34. The normalized spacial score (nSPS) is 11.9. The summed E-state index contributed by atoms with van der Waals surface area (Å²) in [5.74, 6) is -0.145. The van der Waals surface area contributed by atoms with Crippen molar-refractivity contribution >= 4 is 45.1 Å². The zero-order chi connectivity index (χ0) is 25.8. The third kappa shape index (κ3) is 4.27.